The summed E-state index contributed by atoms with van der Waals surface area (Å²) in [4.78, 5) is 12.7. The number of carbonyl (C=O) groups is 1. The lowest BCUT2D eigenvalue weighted by Gasteiger charge is -2.36. The van der Waals surface area contributed by atoms with Crippen LogP contribution in [0.5, 0.6) is 11.5 Å². The second-order valence-corrected chi connectivity index (χ2v) is 4.82. The van der Waals surface area contributed by atoms with Crippen molar-refractivity contribution in [3.63, 3.8) is 0 Å². The van der Waals surface area contributed by atoms with Crippen LogP contribution in [0, 0.1) is 5.92 Å². The van der Waals surface area contributed by atoms with Crippen LogP contribution in [0.4, 0.5) is 8.78 Å². The summed E-state index contributed by atoms with van der Waals surface area (Å²) in [5, 5.41) is 8.82. The van der Waals surface area contributed by atoms with Gasteiger partial charge >= 0.3 is 12.6 Å². The third kappa shape index (κ3) is 4.04. The first-order valence-corrected chi connectivity index (χ1v) is 6.65. The van der Waals surface area contributed by atoms with Gasteiger partial charge in [0.15, 0.2) is 11.5 Å². The number of ether oxygens (including phenoxy) is 2. The number of carboxylic acids is 1. The zero-order valence-corrected chi connectivity index (χ0v) is 11.6. The molecule has 0 saturated carbocycles. The van der Waals surface area contributed by atoms with Gasteiger partial charge in [0.1, 0.15) is 0 Å². The fourth-order valence-corrected chi connectivity index (χ4v) is 2.23. The number of hydrogen-bond donors (Lipinski definition) is 1. The predicted molar refractivity (Wildman–Crippen MR) is 70.6 cm³/mol. The summed E-state index contributed by atoms with van der Waals surface area (Å²) >= 11 is 0. The average molecular weight is 301 g/mol. The number of halogens is 2. The minimum Gasteiger partial charge on any atom is -0.490 e. The molecule has 1 fully saturated rings. The Balaban J connectivity index is 2.01. The molecule has 7 heteroatoms. The quantitative estimate of drug-likeness (QED) is 0.836. The standard InChI is InChI=1S/C14H17F2NO4/c1-2-20-12-5-9(3-4-11(12)21-14(15)16)6-17-7-10(8-17)13(18)19/h3-5,10,14H,2,6-8H2,1H3,(H,18,19). The van der Waals surface area contributed by atoms with Gasteiger partial charge < -0.3 is 14.6 Å². The first-order valence-electron chi connectivity index (χ1n) is 6.65. The Hall–Kier alpha value is -1.89. The van der Waals surface area contributed by atoms with Gasteiger partial charge in [-0.15, -0.1) is 0 Å². The fourth-order valence-electron chi connectivity index (χ4n) is 2.23. The Morgan fingerprint density at radius 2 is 2.14 bits per heavy atom. The molecule has 1 aliphatic rings. The second-order valence-electron chi connectivity index (χ2n) is 4.82. The van der Waals surface area contributed by atoms with E-state index >= 15 is 0 Å². The van der Waals surface area contributed by atoms with E-state index < -0.39 is 12.6 Å². The van der Waals surface area contributed by atoms with Crippen molar-refractivity contribution in [1.82, 2.24) is 4.90 Å². The molecule has 116 valence electrons. The molecule has 0 radical (unpaired) electrons. The molecule has 1 aromatic carbocycles. The number of rotatable bonds is 7. The van der Waals surface area contributed by atoms with Crippen LogP contribution in [0.3, 0.4) is 0 Å². The van der Waals surface area contributed by atoms with E-state index in [0.717, 1.165) is 5.56 Å². The van der Waals surface area contributed by atoms with Crippen LogP contribution < -0.4 is 9.47 Å². The molecule has 1 aliphatic heterocycles. The molecule has 0 aromatic heterocycles. The number of alkyl halides is 2. The summed E-state index contributed by atoms with van der Waals surface area (Å²) in [6.45, 7) is 0.739. The van der Waals surface area contributed by atoms with Gasteiger partial charge in [0.05, 0.1) is 12.5 Å². The van der Waals surface area contributed by atoms with Crippen molar-refractivity contribution < 1.29 is 28.2 Å². The van der Waals surface area contributed by atoms with Crippen LogP contribution >= 0.6 is 0 Å². The number of carboxylic acid groups (broad SMARTS) is 1. The van der Waals surface area contributed by atoms with Gasteiger partial charge in [-0.25, -0.2) is 0 Å². The van der Waals surface area contributed by atoms with Crippen LogP contribution in [-0.2, 0) is 11.3 Å². The van der Waals surface area contributed by atoms with E-state index in [1.165, 1.54) is 6.07 Å². The fraction of sp³-hybridized carbons (Fsp3) is 0.500. The molecule has 21 heavy (non-hydrogen) atoms. The third-order valence-electron chi connectivity index (χ3n) is 3.24. The summed E-state index contributed by atoms with van der Waals surface area (Å²) in [5.74, 6) is -0.840. The van der Waals surface area contributed by atoms with E-state index in [1.54, 1.807) is 19.1 Å². The Labute approximate surface area is 121 Å². The monoisotopic (exact) mass is 301 g/mol. The smallest absolute Gasteiger partial charge is 0.387 e. The minimum absolute atomic E-state index is 0.00243. The number of likely N-dealkylation sites (tertiary alicyclic amines) is 1. The van der Waals surface area contributed by atoms with E-state index in [-0.39, 0.29) is 17.4 Å². The van der Waals surface area contributed by atoms with Crippen LogP contribution in [0.2, 0.25) is 0 Å². The minimum atomic E-state index is -2.90. The molecule has 0 atom stereocenters. The summed E-state index contributed by atoms with van der Waals surface area (Å²) in [6, 6.07) is 4.77. The van der Waals surface area contributed by atoms with Crippen molar-refractivity contribution in [3.8, 4) is 11.5 Å². The van der Waals surface area contributed by atoms with Crippen molar-refractivity contribution in [2.45, 2.75) is 20.1 Å². The van der Waals surface area contributed by atoms with Gasteiger partial charge in [-0.05, 0) is 24.6 Å². The lowest BCUT2D eigenvalue weighted by molar-refractivity contribution is -0.147. The highest BCUT2D eigenvalue weighted by Crippen LogP contribution is 2.31. The third-order valence-corrected chi connectivity index (χ3v) is 3.24. The predicted octanol–water partition coefficient (Wildman–Crippen LogP) is 2.20. The van der Waals surface area contributed by atoms with Crippen molar-refractivity contribution in [1.29, 1.82) is 0 Å². The van der Waals surface area contributed by atoms with Gasteiger partial charge in [-0.2, -0.15) is 8.78 Å². The number of nitrogens with zero attached hydrogens (tertiary/aromatic N) is 1. The molecule has 1 aromatic rings. The number of hydrogen-bond acceptors (Lipinski definition) is 4. The molecule has 2 rings (SSSR count). The highest BCUT2D eigenvalue weighted by Gasteiger charge is 2.32. The summed E-state index contributed by atoms with van der Waals surface area (Å²) in [6.07, 6.45) is 0. The normalized spacial score (nSPS) is 15.8. The molecular weight excluding hydrogens is 284 g/mol. The summed E-state index contributed by atoms with van der Waals surface area (Å²) < 4.78 is 34.3. The van der Waals surface area contributed by atoms with Crippen molar-refractivity contribution in [2.24, 2.45) is 5.92 Å². The van der Waals surface area contributed by atoms with Gasteiger partial charge in [-0.1, -0.05) is 6.07 Å². The highest BCUT2D eigenvalue weighted by molar-refractivity contribution is 5.71. The zero-order valence-electron chi connectivity index (χ0n) is 11.6. The van der Waals surface area contributed by atoms with Crippen LogP contribution in [0.25, 0.3) is 0 Å². The van der Waals surface area contributed by atoms with Gasteiger partial charge in [-0.3, -0.25) is 9.69 Å². The van der Waals surface area contributed by atoms with E-state index in [2.05, 4.69) is 4.74 Å². The Morgan fingerprint density at radius 3 is 2.71 bits per heavy atom. The first-order chi connectivity index (χ1) is 9.99. The molecule has 0 aliphatic carbocycles. The second kappa shape index (κ2) is 6.71. The maximum Gasteiger partial charge on any atom is 0.387 e. The van der Waals surface area contributed by atoms with E-state index in [0.29, 0.717) is 26.2 Å². The Bertz CT molecular complexity index is 504. The molecule has 1 heterocycles. The van der Waals surface area contributed by atoms with Crippen molar-refractivity contribution in [3.05, 3.63) is 23.8 Å². The molecule has 0 amide bonds. The van der Waals surface area contributed by atoms with Gasteiger partial charge in [0, 0.05) is 19.6 Å². The van der Waals surface area contributed by atoms with Crippen LogP contribution in [-0.4, -0.2) is 42.3 Å². The van der Waals surface area contributed by atoms with E-state index in [9.17, 15) is 13.6 Å². The summed E-state index contributed by atoms with van der Waals surface area (Å²) in [5.41, 5.74) is 0.865. The molecule has 1 saturated heterocycles. The average Bonchev–Trinajstić information content (AvgIpc) is 2.35. The van der Waals surface area contributed by atoms with E-state index in [1.807, 2.05) is 4.90 Å². The molecular formula is C14H17F2NO4. The summed E-state index contributed by atoms with van der Waals surface area (Å²) in [7, 11) is 0. The molecule has 0 spiro atoms. The lowest BCUT2D eigenvalue weighted by atomic mass is 9.99. The van der Waals surface area contributed by atoms with E-state index in [4.69, 9.17) is 9.84 Å². The van der Waals surface area contributed by atoms with Crippen molar-refractivity contribution >= 4 is 5.97 Å². The largest absolute Gasteiger partial charge is 0.490 e. The van der Waals surface area contributed by atoms with Crippen LogP contribution in [0.1, 0.15) is 12.5 Å². The molecule has 0 unspecified atom stereocenters. The maximum absolute atomic E-state index is 12.3. The Kier molecular flexibility index (Phi) is 4.95. The van der Waals surface area contributed by atoms with Crippen molar-refractivity contribution in [2.75, 3.05) is 19.7 Å². The number of aliphatic carboxylic acids is 1. The molecule has 0 bridgehead atoms. The topological polar surface area (TPSA) is 59.0 Å². The maximum atomic E-state index is 12.3. The Morgan fingerprint density at radius 1 is 1.43 bits per heavy atom. The first kappa shape index (κ1) is 15.5. The lowest BCUT2D eigenvalue weighted by Crippen LogP contribution is -2.49. The molecule has 1 N–H and O–H groups in total. The molecule has 5 nitrogen and oxygen atoms in total. The van der Waals surface area contributed by atoms with Gasteiger partial charge in [0.25, 0.3) is 0 Å². The van der Waals surface area contributed by atoms with Crippen LogP contribution in [0.15, 0.2) is 18.2 Å². The zero-order chi connectivity index (χ0) is 15.4. The SMILES string of the molecule is CCOc1cc(CN2CC(C(=O)O)C2)ccc1OC(F)F. The van der Waals surface area contributed by atoms with Gasteiger partial charge in [0.2, 0.25) is 0 Å². The number of benzene rings is 1. The highest BCUT2D eigenvalue weighted by atomic mass is 19.3.